The van der Waals surface area contributed by atoms with Gasteiger partial charge in [0.25, 0.3) is 5.91 Å². The fourth-order valence-corrected chi connectivity index (χ4v) is 2.35. The number of rotatable bonds is 6. The maximum atomic E-state index is 12.8. The van der Waals surface area contributed by atoms with Crippen molar-refractivity contribution in [3.05, 3.63) is 63.9 Å². The van der Waals surface area contributed by atoms with Crippen molar-refractivity contribution in [2.24, 2.45) is 0 Å². The number of amides is 1. The SMILES string of the molecule is COC(=O)c1ccc(OCC(=O)NCc2ccc(F)cc2)c(Br)c1. The van der Waals surface area contributed by atoms with Crippen LogP contribution in [0.15, 0.2) is 46.9 Å². The number of esters is 1. The van der Waals surface area contributed by atoms with E-state index in [1.807, 2.05) is 0 Å². The number of hydrogen-bond donors (Lipinski definition) is 1. The Kier molecular flexibility index (Phi) is 6.31. The zero-order chi connectivity index (χ0) is 17.5. The lowest BCUT2D eigenvalue weighted by atomic mass is 10.2. The van der Waals surface area contributed by atoms with Crippen LogP contribution in [0, 0.1) is 5.82 Å². The van der Waals surface area contributed by atoms with Crippen molar-refractivity contribution >= 4 is 27.8 Å². The summed E-state index contributed by atoms with van der Waals surface area (Å²) in [4.78, 5) is 23.2. The lowest BCUT2D eigenvalue weighted by Gasteiger charge is -2.10. The third-order valence-corrected chi connectivity index (χ3v) is 3.73. The molecular formula is C17H15BrFNO4. The molecule has 0 aliphatic rings. The van der Waals surface area contributed by atoms with Crippen molar-refractivity contribution in [1.29, 1.82) is 0 Å². The standard InChI is InChI=1S/C17H15BrFNO4/c1-23-17(22)12-4-7-15(14(18)8-12)24-10-16(21)20-9-11-2-5-13(19)6-3-11/h2-8H,9-10H2,1H3,(H,20,21). The zero-order valence-electron chi connectivity index (χ0n) is 12.8. The van der Waals surface area contributed by atoms with Gasteiger partial charge in [0.15, 0.2) is 6.61 Å². The average Bonchev–Trinajstić information content (AvgIpc) is 2.59. The summed E-state index contributed by atoms with van der Waals surface area (Å²) in [5.74, 6) is -0.671. The topological polar surface area (TPSA) is 64.6 Å². The summed E-state index contributed by atoms with van der Waals surface area (Å²) in [6, 6.07) is 10.5. The number of carbonyl (C=O) groups excluding carboxylic acids is 2. The van der Waals surface area contributed by atoms with Crippen LogP contribution in [0.25, 0.3) is 0 Å². The van der Waals surface area contributed by atoms with Crippen molar-refractivity contribution < 1.29 is 23.5 Å². The second-order valence-electron chi connectivity index (χ2n) is 4.83. The Labute approximate surface area is 146 Å². The van der Waals surface area contributed by atoms with E-state index in [0.29, 0.717) is 15.8 Å². The molecule has 0 saturated heterocycles. The van der Waals surface area contributed by atoms with Gasteiger partial charge in [-0.1, -0.05) is 12.1 Å². The van der Waals surface area contributed by atoms with Crippen LogP contribution in [0.1, 0.15) is 15.9 Å². The number of halogens is 2. The van der Waals surface area contributed by atoms with Crippen molar-refractivity contribution in [3.63, 3.8) is 0 Å². The van der Waals surface area contributed by atoms with Crippen molar-refractivity contribution in [2.45, 2.75) is 6.54 Å². The van der Waals surface area contributed by atoms with Gasteiger partial charge in [0.1, 0.15) is 11.6 Å². The molecule has 0 aliphatic heterocycles. The van der Waals surface area contributed by atoms with E-state index in [0.717, 1.165) is 5.56 Å². The van der Waals surface area contributed by atoms with Gasteiger partial charge in [-0.3, -0.25) is 4.79 Å². The van der Waals surface area contributed by atoms with E-state index < -0.39 is 5.97 Å². The monoisotopic (exact) mass is 395 g/mol. The van der Waals surface area contributed by atoms with Crippen molar-refractivity contribution in [1.82, 2.24) is 5.32 Å². The van der Waals surface area contributed by atoms with Gasteiger partial charge in [-0.05, 0) is 51.8 Å². The smallest absolute Gasteiger partial charge is 0.337 e. The summed E-state index contributed by atoms with van der Waals surface area (Å²) in [7, 11) is 1.30. The molecule has 1 N–H and O–H groups in total. The molecule has 0 radical (unpaired) electrons. The molecule has 0 atom stereocenters. The molecule has 0 spiro atoms. The fourth-order valence-electron chi connectivity index (χ4n) is 1.86. The second kappa shape index (κ2) is 8.44. The summed E-state index contributed by atoms with van der Waals surface area (Å²) < 4.78 is 23.4. The predicted octanol–water partition coefficient (Wildman–Crippen LogP) is 3.07. The van der Waals surface area contributed by atoms with Gasteiger partial charge in [-0.25, -0.2) is 9.18 Å². The number of methoxy groups -OCH3 is 1. The first-order valence-electron chi connectivity index (χ1n) is 7.01. The minimum Gasteiger partial charge on any atom is -0.483 e. The van der Waals surface area contributed by atoms with E-state index in [9.17, 15) is 14.0 Å². The summed E-state index contributed by atoms with van der Waals surface area (Å²) in [6.45, 7) is 0.0995. The number of carbonyl (C=O) groups is 2. The Morgan fingerprint density at radius 3 is 2.50 bits per heavy atom. The minimum atomic E-state index is -0.459. The Hall–Kier alpha value is -2.41. The first-order chi connectivity index (χ1) is 11.5. The normalized spacial score (nSPS) is 10.1. The third-order valence-electron chi connectivity index (χ3n) is 3.11. The molecule has 5 nitrogen and oxygen atoms in total. The Balaban J connectivity index is 1.85. The molecule has 7 heteroatoms. The summed E-state index contributed by atoms with van der Waals surface area (Å²) in [5.41, 5.74) is 1.16. The largest absolute Gasteiger partial charge is 0.483 e. The highest BCUT2D eigenvalue weighted by atomic mass is 79.9. The van der Waals surface area contributed by atoms with E-state index in [-0.39, 0.29) is 24.9 Å². The molecule has 126 valence electrons. The van der Waals surface area contributed by atoms with Crippen LogP contribution in [0.3, 0.4) is 0 Å². The molecular weight excluding hydrogens is 381 g/mol. The molecule has 24 heavy (non-hydrogen) atoms. The highest BCUT2D eigenvalue weighted by Gasteiger charge is 2.10. The maximum Gasteiger partial charge on any atom is 0.337 e. The summed E-state index contributed by atoms with van der Waals surface area (Å²) in [5, 5.41) is 2.67. The van der Waals surface area contributed by atoms with Crippen molar-refractivity contribution in [2.75, 3.05) is 13.7 Å². The van der Waals surface area contributed by atoms with E-state index >= 15 is 0 Å². The molecule has 1 amide bonds. The first kappa shape index (κ1) is 17.9. The van der Waals surface area contributed by atoms with Crippen LogP contribution in [0.5, 0.6) is 5.75 Å². The molecule has 0 bridgehead atoms. The lowest BCUT2D eigenvalue weighted by molar-refractivity contribution is -0.123. The van der Waals surface area contributed by atoms with Gasteiger partial charge < -0.3 is 14.8 Å². The summed E-state index contributed by atoms with van der Waals surface area (Å²) >= 11 is 3.28. The number of nitrogens with one attached hydrogen (secondary N) is 1. The molecule has 0 unspecified atom stereocenters. The van der Waals surface area contributed by atoms with E-state index in [1.54, 1.807) is 30.3 Å². The quantitative estimate of drug-likeness (QED) is 0.763. The van der Waals surface area contributed by atoms with E-state index in [2.05, 4.69) is 26.0 Å². The number of benzene rings is 2. The Morgan fingerprint density at radius 1 is 1.17 bits per heavy atom. The molecule has 0 fully saturated rings. The molecule has 0 saturated carbocycles. The molecule has 2 aromatic carbocycles. The van der Waals surface area contributed by atoms with Gasteiger partial charge in [0.2, 0.25) is 0 Å². The highest BCUT2D eigenvalue weighted by molar-refractivity contribution is 9.10. The Morgan fingerprint density at radius 2 is 1.88 bits per heavy atom. The minimum absolute atomic E-state index is 0.183. The van der Waals surface area contributed by atoms with Crippen LogP contribution in [0.4, 0.5) is 4.39 Å². The second-order valence-corrected chi connectivity index (χ2v) is 5.68. The van der Waals surface area contributed by atoms with Crippen molar-refractivity contribution in [3.8, 4) is 5.75 Å². The van der Waals surface area contributed by atoms with Gasteiger partial charge in [-0.2, -0.15) is 0 Å². The van der Waals surface area contributed by atoms with Gasteiger partial charge in [0, 0.05) is 6.54 Å². The average molecular weight is 396 g/mol. The van der Waals surface area contributed by atoms with Crippen LogP contribution in [-0.2, 0) is 16.1 Å². The number of ether oxygens (including phenoxy) is 2. The zero-order valence-corrected chi connectivity index (χ0v) is 14.4. The lowest BCUT2D eigenvalue weighted by Crippen LogP contribution is -2.28. The van der Waals surface area contributed by atoms with Crippen LogP contribution in [-0.4, -0.2) is 25.6 Å². The predicted molar refractivity (Wildman–Crippen MR) is 89.2 cm³/mol. The fraction of sp³-hybridized carbons (Fsp3) is 0.176. The van der Waals surface area contributed by atoms with Gasteiger partial charge in [-0.15, -0.1) is 0 Å². The van der Waals surface area contributed by atoms with Crippen LogP contribution in [0.2, 0.25) is 0 Å². The molecule has 0 aliphatic carbocycles. The van der Waals surface area contributed by atoms with Gasteiger partial charge >= 0.3 is 5.97 Å². The third kappa shape index (κ3) is 5.06. The van der Waals surface area contributed by atoms with Gasteiger partial charge in [0.05, 0.1) is 17.1 Å². The summed E-state index contributed by atoms with van der Waals surface area (Å²) in [6.07, 6.45) is 0. The van der Waals surface area contributed by atoms with Crippen LogP contribution < -0.4 is 10.1 Å². The van der Waals surface area contributed by atoms with E-state index in [1.165, 1.54) is 19.2 Å². The van der Waals surface area contributed by atoms with E-state index in [4.69, 9.17) is 4.74 Å². The molecule has 0 aromatic heterocycles. The number of hydrogen-bond acceptors (Lipinski definition) is 4. The first-order valence-corrected chi connectivity index (χ1v) is 7.80. The Bertz CT molecular complexity index is 734. The highest BCUT2D eigenvalue weighted by Crippen LogP contribution is 2.26. The molecule has 2 aromatic rings. The molecule has 0 heterocycles. The molecule has 2 rings (SSSR count). The maximum absolute atomic E-state index is 12.8. The van der Waals surface area contributed by atoms with Crippen LogP contribution >= 0.6 is 15.9 Å².